The van der Waals surface area contributed by atoms with Crippen molar-refractivity contribution in [1.82, 2.24) is 9.97 Å². The Morgan fingerprint density at radius 1 is 1.43 bits per heavy atom. The van der Waals surface area contributed by atoms with Gasteiger partial charge in [-0.3, -0.25) is 0 Å². The summed E-state index contributed by atoms with van der Waals surface area (Å²) in [7, 11) is 0. The van der Waals surface area contributed by atoms with E-state index < -0.39 is 0 Å². The molecule has 0 spiro atoms. The highest BCUT2D eigenvalue weighted by Gasteiger charge is 2.10. The molecule has 0 N–H and O–H groups in total. The topological polar surface area (TPSA) is 25.8 Å². The van der Waals surface area contributed by atoms with Crippen LogP contribution in [0.4, 0.5) is 0 Å². The van der Waals surface area contributed by atoms with Crippen molar-refractivity contribution in [2.75, 3.05) is 0 Å². The fourth-order valence-corrected chi connectivity index (χ4v) is 2.34. The fourth-order valence-electron chi connectivity index (χ4n) is 1.16. The molecule has 0 amide bonds. The van der Waals surface area contributed by atoms with E-state index >= 15 is 0 Å². The molecule has 1 aromatic rings. The van der Waals surface area contributed by atoms with Crippen molar-refractivity contribution in [3.05, 3.63) is 17.0 Å². The van der Waals surface area contributed by atoms with E-state index in [1.54, 1.807) is 11.8 Å². The molecule has 0 aromatic carbocycles. The summed E-state index contributed by atoms with van der Waals surface area (Å²) in [6, 6.07) is 0. The van der Waals surface area contributed by atoms with Crippen molar-refractivity contribution in [2.45, 2.75) is 43.9 Å². The maximum Gasteiger partial charge on any atom is 0.136 e. The Labute approximate surface area is 94.5 Å². The third-order valence-electron chi connectivity index (χ3n) is 1.70. The van der Waals surface area contributed by atoms with Gasteiger partial charge < -0.3 is 0 Å². The van der Waals surface area contributed by atoms with Gasteiger partial charge in [0.2, 0.25) is 0 Å². The van der Waals surface area contributed by atoms with E-state index in [1.165, 1.54) is 6.33 Å². The van der Waals surface area contributed by atoms with E-state index in [2.05, 4.69) is 30.7 Å². The third-order valence-corrected chi connectivity index (χ3v) is 3.07. The van der Waals surface area contributed by atoms with E-state index in [4.69, 9.17) is 11.6 Å². The van der Waals surface area contributed by atoms with Gasteiger partial charge in [-0.05, 0) is 6.42 Å². The summed E-state index contributed by atoms with van der Waals surface area (Å²) in [5.74, 6) is 0. The first-order valence-corrected chi connectivity index (χ1v) is 6.07. The average molecular weight is 231 g/mol. The van der Waals surface area contributed by atoms with Crippen LogP contribution in [0.25, 0.3) is 0 Å². The molecular weight excluding hydrogens is 216 g/mol. The molecule has 4 heteroatoms. The highest BCUT2D eigenvalue weighted by molar-refractivity contribution is 7.99. The van der Waals surface area contributed by atoms with E-state index in [0.717, 1.165) is 23.4 Å². The number of hydrogen-bond donors (Lipinski definition) is 0. The van der Waals surface area contributed by atoms with Crippen LogP contribution in [-0.2, 0) is 6.42 Å². The van der Waals surface area contributed by atoms with E-state index in [0.29, 0.717) is 10.4 Å². The third kappa shape index (κ3) is 3.14. The van der Waals surface area contributed by atoms with Crippen molar-refractivity contribution in [3.63, 3.8) is 0 Å². The molecule has 0 radical (unpaired) electrons. The van der Waals surface area contributed by atoms with Gasteiger partial charge >= 0.3 is 0 Å². The van der Waals surface area contributed by atoms with Crippen LogP contribution in [0.2, 0.25) is 5.15 Å². The standard InChI is InChI=1S/C10H15ClN2S/c1-4-5-8-9(11)12-6-13-10(8)14-7(2)3/h6-7H,4-5H2,1-3H3. The van der Waals surface area contributed by atoms with Gasteiger partial charge in [-0.1, -0.05) is 38.8 Å². The molecule has 1 heterocycles. The summed E-state index contributed by atoms with van der Waals surface area (Å²) in [4.78, 5) is 8.27. The van der Waals surface area contributed by atoms with Crippen molar-refractivity contribution < 1.29 is 0 Å². The normalized spacial score (nSPS) is 10.9. The molecule has 1 aromatic heterocycles. The lowest BCUT2D eigenvalue weighted by atomic mass is 10.2. The maximum absolute atomic E-state index is 6.03. The molecule has 0 unspecified atom stereocenters. The highest BCUT2D eigenvalue weighted by atomic mass is 35.5. The van der Waals surface area contributed by atoms with Crippen LogP contribution in [0.1, 0.15) is 32.8 Å². The summed E-state index contributed by atoms with van der Waals surface area (Å²) in [5.41, 5.74) is 1.09. The average Bonchev–Trinajstić information content (AvgIpc) is 2.10. The molecule has 2 nitrogen and oxygen atoms in total. The molecule has 0 saturated heterocycles. The van der Waals surface area contributed by atoms with E-state index in [9.17, 15) is 0 Å². The largest absolute Gasteiger partial charge is 0.230 e. The van der Waals surface area contributed by atoms with E-state index in [1.807, 2.05) is 0 Å². The van der Waals surface area contributed by atoms with Crippen molar-refractivity contribution in [2.24, 2.45) is 0 Å². The monoisotopic (exact) mass is 230 g/mol. The molecule has 0 atom stereocenters. The molecule has 0 aliphatic rings. The summed E-state index contributed by atoms with van der Waals surface area (Å²) in [5, 5.41) is 2.16. The summed E-state index contributed by atoms with van der Waals surface area (Å²) < 4.78 is 0. The Bertz CT molecular complexity index is 302. The molecule has 0 aliphatic carbocycles. The van der Waals surface area contributed by atoms with Crippen molar-refractivity contribution in [1.29, 1.82) is 0 Å². The van der Waals surface area contributed by atoms with Gasteiger partial charge in [-0.2, -0.15) is 0 Å². The second-order valence-electron chi connectivity index (χ2n) is 3.36. The summed E-state index contributed by atoms with van der Waals surface area (Å²) in [6.45, 7) is 6.43. The molecule has 0 fully saturated rings. The van der Waals surface area contributed by atoms with Crippen LogP contribution in [0.15, 0.2) is 11.4 Å². The van der Waals surface area contributed by atoms with Crippen LogP contribution in [0, 0.1) is 0 Å². The Balaban J connectivity index is 2.95. The lowest BCUT2D eigenvalue weighted by molar-refractivity contribution is 0.854. The second kappa shape index (κ2) is 5.56. The minimum absolute atomic E-state index is 0.525. The van der Waals surface area contributed by atoms with Crippen LogP contribution in [0.5, 0.6) is 0 Å². The highest BCUT2D eigenvalue weighted by Crippen LogP contribution is 2.28. The Kier molecular flexibility index (Phi) is 4.69. The molecule has 1 rings (SSSR count). The molecule has 0 aliphatic heterocycles. The smallest absolute Gasteiger partial charge is 0.136 e. The van der Waals surface area contributed by atoms with Crippen LogP contribution >= 0.6 is 23.4 Å². The maximum atomic E-state index is 6.03. The van der Waals surface area contributed by atoms with Gasteiger partial charge in [0.15, 0.2) is 0 Å². The van der Waals surface area contributed by atoms with Gasteiger partial charge in [0.25, 0.3) is 0 Å². The van der Waals surface area contributed by atoms with Crippen LogP contribution < -0.4 is 0 Å². The lowest BCUT2D eigenvalue weighted by Crippen LogP contribution is -1.98. The number of thioether (sulfide) groups is 1. The minimum atomic E-state index is 0.525. The Hall–Kier alpha value is -0.280. The predicted molar refractivity (Wildman–Crippen MR) is 62.0 cm³/mol. The molecule has 78 valence electrons. The zero-order valence-electron chi connectivity index (χ0n) is 8.75. The van der Waals surface area contributed by atoms with Crippen LogP contribution in [-0.4, -0.2) is 15.2 Å². The Morgan fingerprint density at radius 3 is 2.71 bits per heavy atom. The number of nitrogens with zero attached hydrogens (tertiary/aromatic N) is 2. The number of hydrogen-bond acceptors (Lipinski definition) is 3. The first-order chi connectivity index (χ1) is 6.65. The van der Waals surface area contributed by atoms with Gasteiger partial charge in [0, 0.05) is 10.8 Å². The summed E-state index contributed by atoms with van der Waals surface area (Å²) >= 11 is 7.77. The number of aromatic nitrogens is 2. The molecule has 0 saturated carbocycles. The lowest BCUT2D eigenvalue weighted by Gasteiger charge is -2.09. The quantitative estimate of drug-likeness (QED) is 0.584. The second-order valence-corrected chi connectivity index (χ2v) is 5.29. The van der Waals surface area contributed by atoms with Gasteiger partial charge in [-0.15, -0.1) is 11.8 Å². The fraction of sp³-hybridized carbons (Fsp3) is 0.600. The number of rotatable bonds is 4. The zero-order valence-corrected chi connectivity index (χ0v) is 10.3. The van der Waals surface area contributed by atoms with Gasteiger partial charge in [-0.25, -0.2) is 9.97 Å². The predicted octanol–water partition coefficient (Wildman–Crippen LogP) is 3.58. The Morgan fingerprint density at radius 2 is 2.14 bits per heavy atom. The molecule has 0 bridgehead atoms. The van der Waals surface area contributed by atoms with Crippen molar-refractivity contribution >= 4 is 23.4 Å². The molecule has 14 heavy (non-hydrogen) atoms. The zero-order chi connectivity index (χ0) is 10.6. The van der Waals surface area contributed by atoms with Gasteiger partial charge in [0.1, 0.15) is 16.5 Å². The minimum Gasteiger partial charge on any atom is -0.230 e. The van der Waals surface area contributed by atoms with Gasteiger partial charge in [0.05, 0.1) is 0 Å². The van der Waals surface area contributed by atoms with Crippen molar-refractivity contribution in [3.8, 4) is 0 Å². The molecular formula is C10H15ClN2S. The number of halogens is 1. The summed E-state index contributed by atoms with van der Waals surface area (Å²) in [6.07, 6.45) is 3.56. The van der Waals surface area contributed by atoms with E-state index in [-0.39, 0.29) is 0 Å². The van der Waals surface area contributed by atoms with Crippen LogP contribution in [0.3, 0.4) is 0 Å². The SMILES string of the molecule is CCCc1c(Cl)ncnc1SC(C)C. The first kappa shape index (κ1) is 11.8. The first-order valence-electron chi connectivity index (χ1n) is 4.81.